The summed E-state index contributed by atoms with van der Waals surface area (Å²) in [6, 6.07) is 5.46. The van der Waals surface area contributed by atoms with E-state index >= 15 is 0 Å². The van der Waals surface area contributed by atoms with E-state index in [9.17, 15) is 5.11 Å². The largest absolute Gasteiger partial charge is 0.508 e. The van der Waals surface area contributed by atoms with Crippen LogP contribution in [0.1, 0.15) is 32.3 Å². The van der Waals surface area contributed by atoms with Crippen molar-refractivity contribution in [3.8, 4) is 5.75 Å². The zero-order valence-electron chi connectivity index (χ0n) is 8.46. The average Bonchev–Trinajstić information content (AvgIpc) is 2.08. The number of rotatable bonds is 3. The van der Waals surface area contributed by atoms with Crippen LogP contribution in [0.25, 0.3) is 0 Å². The Bertz CT molecular complexity index is 281. The molecule has 1 aromatic rings. The van der Waals surface area contributed by atoms with Gasteiger partial charge in [0.15, 0.2) is 0 Å². The van der Waals surface area contributed by atoms with Crippen molar-refractivity contribution in [3.63, 3.8) is 0 Å². The molecular weight excluding hydrogens is 162 g/mol. The molecule has 0 saturated heterocycles. The van der Waals surface area contributed by atoms with Crippen LogP contribution >= 0.6 is 0 Å². The fourth-order valence-electron chi connectivity index (χ4n) is 1.38. The van der Waals surface area contributed by atoms with Gasteiger partial charge in [-0.3, -0.25) is 0 Å². The second kappa shape index (κ2) is 4.17. The lowest BCUT2D eigenvalue weighted by Gasteiger charge is -2.13. The molecule has 72 valence electrons. The second-order valence-electron chi connectivity index (χ2n) is 3.46. The summed E-state index contributed by atoms with van der Waals surface area (Å²) in [6.07, 6.45) is 0. The normalized spacial score (nSPS) is 10.5. The third kappa shape index (κ3) is 2.38. The fourth-order valence-corrected chi connectivity index (χ4v) is 1.38. The van der Waals surface area contributed by atoms with Gasteiger partial charge in [0.25, 0.3) is 0 Å². The fraction of sp³-hybridized carbons (Fsp3) is 0.455. The molecule has 2 heteroatoms. The Hall–Kier alpha value is -1.18. The lowest BCUT2D eigenvalue weighted by molar-refractivity contribution is 0.474. The van der Waals surface area contributed by atoms with Crippen molar-refractivity contribution in [3.05, 3.63) is 23.8 Å². The summed E-state index contributed by atoms with van der Waals surface area (Å²) in [5.74, 6) is 0.770. The number of anilines is 1. The van der Waals surface area contributed by atoms with Crippen molar-refractivity contribution >= 4 is 5.69 Å². The number of aromatic hydroxyl groups is 1. The molecule has 13 heavy (non-hydrogen) atoms. The molecule has 0 aliphatic carbocycles. The van der Waals surface area contributed by atoms with Gasteiger partial charge in [0, 0.05) is 12.2 Å². The van der Waals surface area contributed by atoms with Gasteiger partial charge in [0.2, 0.25) is 0 Å². The monoisotopic (exact) mass is 179 g/mol. The van der Waals surface area contributed by atoms with Gasteiger partial charge in [-0.05, 0) is 36.6 Å². The topological polar surface area (TPSA) is 32.3 Å². The maximum Gasteiger partial charge on any atom is 0.116 e. The Kier molecular flexibility index (Phi) is 3.18. The van der Waals surface area contributed by atoms with E-state index in [1.54, 1.807) is 6.07 Å². The zero-order chi connectivity index (χ0) is 9.84. The van der Waals surface area contributed by atoms with Crippen LogP contribution in [0.3, 0.4) is 0 Å². The first-order chi connectivity index (χ1) is 6.15. The third-order valence-corrected chi connectivity index (χ3v) is 2.02. The van der Waals surface area contributed by atoms with Gasteiger partial charge in [-0.15, -0.1) is 0 Å². The lowest BCUT2D eigenvalue weighted by Crippen LogP contribution is -2.01. The van der Waals surface area contributed by atoms with E-state index in [0.717, 1.165) is 12.2 Å². The molecule has 0 fully saturated rings. The quantitative estimate of drug-likeness (QED) is 0.699. The standard InChI is InChI=1S/C11H17NO/c1-4-12-11-6-5-9(13)7-10(11)8(2)3/h5-8,12-13H,4H2,1-3H3. The lowest BCUT2D eigenvalue weighted by atomic mass is 10.0. The highest BCUT2D eigenvalue weighted by Crippen LogP contribution is 2.27. The molecule has 0 unspecified atom stereocenters. The molecule has 0 heterocycles. The predicted octanol–water partition coefficient (Wildman–Crippen LogP) is 2.95. The molecule has 0 bridgehead atoms. The number of hydrogen-bond acceptors (Lipinski definition) is 2. The molecule has 0 saturated carbocycles. The molecular formula is C11H17NO. The van der Waals surface area contributed by atoms with Crippen molar-refractivity contribution in [2.75, 3.05) is 11.9 Å². The third-order valence-electron chi connectivity index (χ3n) is 2.02. The number of benzene rings is 1. The molecule has 0 radical (unpaired) electrons. The average molecular weight is 179 g/mol. The highest BCUT2D eigenvalue weighted by Gasteiger charge is 2.06. The van der Waals surface area contributed by atoms with Crippen molar-refractivity contribution in [2.45, 2.75) is 26.7 Å². The number of nitrogens with one attached hydrogen (secondary N) is 1. The van der Waals surface area contributed by atoms with E-state index in [2.05, 4.69) is 26.1 Å². The Labute approximate surface area is 79.6 Å². The SMILES string of the molecule is CCNc1ccc(O)cc1C(C)C. The van der Waals surface area contributed by atoms with Gasteiger partial charge >= 0.3 is 0 Å². The molecule has 2 N–H and O–H groups in total. The summed E-state index contributed by atoms with van der Waals surface area (Å²) >= 11 is 0. The van der Waals surface area contributed by atoms with E-state index in [0.29, 0.717) is 11.7 Å². The van der Waals surface area contributed by atoms with E-state index in [1.165, 1.54) is 5.56 Å². The summed E-state index contributed by atoms with van der Waals surface area (Å²) in [7, 11) is 0. The first kappa shape index (κ1) is 9.90. The smallest absolute Gasteiger partial charge is 0.116 e. The first-order valence-electron chi connectivity index (χ1n) is 4.72. The maximum atomic E-state index is 9.33. The van der Waals surface area contributed by atoms with Crippen LogP contribution in [0.4, 0.5) is 5.69 Å². The Balaban J connectivity index is 3.03. The van der Waals surface area contributed by atoms with Crippen LogP contribution in [0.15, 0.2) is 18.2 Å². The molecule has 0 amide bonds. The summed E-state index contributed by atoms with van der Waals surface area (Å²) in [5, 5.41) is 12.6. The zero-order valence-corrected chi connectivity index (χ0v) is 8.46. The van der Waals surface area contributed by atoms with E-state index in [-0.39, 0.29) is 0 Å². The first-order valence-corrected chi connectivity index (χ1v) is 4.72. The highest BCUT2D eigenvalue weighted by atomic mass is 16.3. The molecule has 0 spiro atoms. The Morgan fingerprint density at radius 1 is 1.38 bits per heavy atom. The van der Waals surface area contributed by atoms with Crippen LogP contribution in [0.2, 0.25) is 0 Å². The Morgan fingerprint density at radius 3 is 2.62 bits per heavy atom. The van der Waals surface area contributed by atoms with Crippen molar-refractivity contribution < 1.29 is 5.11 Å². The summed E-state index contributed by atoms with van der Waals surface area (Å²) < 4.78 is 0. The Morgan fingerprint density at radius 2 is 2.08 bits per heavy atom. The molecule has 0 aromatic heterocycles. The van der Waals surface area contributed by atoms with E-state index in [4.69, 9.17) is 0 Å². The second-order valence-corrected chi connectivity index (χ2v) is 3.46. The van der Waals surface area contributed by atoms with Crippen molar-refractivity contribution in [1.82, 2.24) is 0 Å². The predicted molar refractivity (Wildman–Crippen MR) is 56.4 cm³/mol. The minimum Gasteiger partial charge on any atom is -0.508 e. The van der Waals surface area contributed by atoms with Gasteiger partial charge in [-0.2, -0.15) is 0 Å². The van der Waals surface area contributed by atoms with Crippen LogP contribution in [-0.4, -0.2) is 11.7 Å². The number of phenols is 1. The summed E-state index contributed by atoms with van der Waals surface area (Å²) in [6.45, 7) is 7.21. The minimum atomic E-state index is 0.338. The minimum absolute atomic E-state index is 0.338. The maximum absolute atomic E-state index is 9.33. The van der Waals surface area contributed by atoms with E-state index in [1.807, 2.05) is 12.1 Å². The highest BCUT2D eigenvalue weighted by molar-refractivity contribution is 5.55. The van der Waals surface area contributed by atoms with Crippen molar-refractivity contribution in [2.24, 2.45) is 0 Å². The number of phenolic OH excluding ortho intramolecular Hbond substituents is 1. The van der Waals surface area contributed by atoms with Crippen LogP contribution in [-0.2, 0) is 0 Å². The van der Waals surface area contributed by atoms with Crippen LogP contribution < -0.4 is 5.32 Å². The van der Waals surface area contributed by atoms with Crippen molar-refractivity contribution in [1.29, 1.82) is 0 Å². The molecule has 1 rings (SSSR count). The van der Waals surface area contributed by atoms with Gasteiger partial charge in [0.1, 0.15) is 5.75 Å². The van der Waals surface area contributed by atoms with Gasteiger partial charge in [0.05, 0.1) is 0 Å². The summed E-state index contributed by atoms with van der Waals surface area (Å²) in [5.41, 5.74) is 2.29. The van der Waals surface area contributed by atoms with Gasteiger partial charge < -0.3 is 10.4 Å². The molecule has 1 aromatic carbocycles. The van der Waals surface area contributed by atoms with Crippen LogP contribution in [0, 0.1) is 0 Å². The summed E-state index contributed by atoms with van der Waals surface area (Å²) in [4.78, 5) is 0. The van der Waals surface area contributed by atoms with Gasteiger partial charge in [-0.25, -0.2) is 0 Å². The molecule has 2 nitrogen and oxygen atoms in total. The molecule has 0 aliphatic rings. The van der Waals surface area contributed by atoms with E-state index < -0.39 is 0 Å². The number of hydrogen-bond donors (Lipinski definition) is 2. The molecule has 0 atom stereocenters. The van der Waals surface area contributed by atoms with Gasteiger partial charge in [-0.1, -0.05) is 13.8 Å². The molecule has 0 aliphatic heterocycles. The van der Waals surface area contributed by atoms with Crippen LogP contribution in [0.5, 0.6) is 5.75 Å².